The second-order valence-electron chi connectivity index (χ2n) is 5.82. The molecule has 112 valence electrons. The Morgan fingerprint density at radius 3 is 2.71 bits per heavy atom. The fourth-order valence-electron chi connectivity index (χ4n) is 2.73. The van der Waals surface area contributed by atoms with Crippen LogP contribution in [0.4, 0.5) is 5.95 Å². The van der Waals surface area contributed by atoms with Crippen molar-refractivity contribution >= 4 is 5.95 Å². The van der Waals surface area contributed by atoms with Crippen molar-refractivity contribution in [1.82, 2.24) is 24.6 Å². The van der Waals surface area contributed by atoms with Gasteiger partial charge in [-0.1, -0.05) is 0 Å². The molecule has 0 aliphatic carbocycles. The quantitative estimate of drug-likeness (QED) is 0.833. The Balaban J connectivity index is 1.88. The molecule has 0 aromatic carbocycles. The van der Waals surface area contributed by atoms with Crippen molar-refractivity contribution in [3.05, 3.63) is 24.2 Å². The summed E-state index contributed by atoms with van der Waals surface area (Å²) in [5.41, 5.74) is 3.01. The van der Waals surface area contributed by atoms with Crippen LogP contribution in [0.3, 0.4) is 0 Å². The smallest absolute Gasteiger partial charge is 0.225 e. The molecule has 6 heteroatoms. The number of anilines is 1. The van der Waals surface area contributed by atoms with Crippen molar-refractivity contribution in [1.29, 1.82) is 0 Å². The number of rotatable bonds is 2. The average molecular weight is 286 g/mol. The Labute approximate surface area is 125 Å². The number of likely N-dealkylation sites (N-methyl/N-ethyl adjacent to an activating group) is 1. The van der Waals surface area contributed by atoms with Crippen LogP contribution >= 0.6 is 0 Å². The molecule has 0 bridgehead atoms. The lowest BCUT2D eigenvalue weighted by Gasteiger charge is -2.37. The van der Waals surface area contributed by atoms with E-state index in [0.29, 0.717) is 6.04 Å². The lowest BCUT2D eigenvalue weighted by molar-refractivity contribution is 0.233. The molecule has 1 atom stereocenters. The fourth-order valence-corrected chi connectivity index (χ4v) is 2.73. The molecule has 0 spiro atoms. The first-order chi connectivity index (χ1) is 10.0. The predicted octanol–water partition coefficient (Wildman–Crippen LogP) is 1.33. The van der Waals surface area contributed by atoms with E-state index in [9.17, 15) is 0 Å². The summed E-state index contributed by atoms with van der Waals surface area (Å²) in [5, 5.41) is 4.39. The van der Waals surface area contributed by atoms with E-state index in [-0.39, 0.29) is 0 Å². The number of hydrogen-bond donors (Lipinski definition) is 0. The van der Waals surface area contributed by atoms with Crippen LogP contribution in [0, 0.1) is 6.92 Å². The molecular weight excluding hydrogens is 264 g/mol. The van der Waals surface area contributed by atoms with Gasteiger partial charge in [-0.3, -0.25) is 4.68 Å². The second-order valence-corrected chi connectivity index (χ2v) is 5.82. The molecule has 3 heterocycles. The SMILES string of the molecule is Cc1nn(C)cc1-c1ccnc(N2CCN(C)C(C)C2)n1. The van der Waals surface area contributed by atoms with Gasteiger partial charge in [-0.2, -0.15) is 5.10 Å². The first kappa shape index (κ1) is 14.0. The summed E-state index contributed by atoms with van der Waals surface area (Å²) in [6.45, 7) is 7.22. The minimum Gasteiger partial charge on any atom is -0.338 e. The van der Waals surface area contributed by atoms with Crippen LogP contribution in [-0.2, 0) is 7.05 Å². The largest absolute Gasteiger partial charge is 0.338 e. The molecular formula is C15H22N6. The van der Waals surface area contributed by atoms with Crippen LogP contribution in [0.25, 0.3) is 11.3 Å². The summed E-state index contributed by atoms with van der Waals surface area (Å²) in [7, 11) is 4.10. The van der Waals surface area contributed by atoms with Crippen LogP contribution in [-0.4, -0.2) is 57.4 Å². The Kier molecular flexibility index (Phi) is 3.63. The molecule has 2 aromatic rings. The maximum absolute atomic E-state index is 4.74. The zero-order valence-electron chi connectivity index (χ0n) is 13.1. The Hall–Kier alpha value is -1.95. The summed E-state index contributed by atoms with van der Waals surface area (Å²) in [6.07, 6.45) is 3.85. The van der Waals surface area contributed by atoms with Crippen LogP contribution < -0.4 is 4.90 Å². The number of aromatic nitrogens is 4. The van der Waals surface area contributed by atoms with E-state index < -0.39 is 0 Å². The summed E-state index contributed by atoms with van der Waals surface area (Å²) in [5.74, 6) is 0.815. The molecule has 1 aliphatic heterocycles. The summed E-state index contributed by atoms with van der Waals surface area (Å²) >= 11 is 0. The molecule has 0 amide bonds. The van der Waals surface area contributed by atoms with Crippen LogP contribution in [0.1, 0.15) is 12.6 Å². The molecule has 1 saturated heterocycles. The third kappa shape index (κ3) is 2.76. The van der Waals surface area contributed by atoms with Crippen LogP contribution in [0.2, 0.25) is 0 Å². The van der Waals surface area contributed by atoms with Gasteiger partial charge in [0, 0.05) is 50.7 Å². The molecule has 1 fully saturated rings. The van der Waals surface area contributed by atoms with Crippen molar-refractivity contribution in [2.24, 2.45) is 7.05 Å². The van der Waals surface area contributed by atoms with E-state index >= 15 is 0 Å². The Morgan fingerprint density at radius 2 is 2.05 bits per heavy atom. The lowest BCUT2D eigenvalue weighted by atomic mass is 10.2. The van der Waals surface area contributed by atoms with Crippen molar-refractivity contribution in [2.75, 3.05) is 31.6 Å². The van der Waals surface area contributed by atoms with Crippen molar-refractivity contribution < 1.29 is 0 Å². The van der Waals surface area contributed by atoms with E-state index in [1.165, 1.54) is 0 Å². The van der Waals surface area contributed by atoms with E-state index in [0.717, 1.165) is 42.5 Å². The van der Waals surface area contributed by atoms with E-state index in [4.69, 9.17) is 4.98 Å². The number of aryl methyl sites for hydroxylation is 2. The van der Waals surface area contributed by atoms with E-state index in [1.54, 1.807) is 0 Å². The third-order valence-corrected chi connectivity index (χ3v) is 4.17. The van der Waals surface area contributed by atoms with Gasteiger partial charge in [-0.15, -0.1) is 0 Å². The van der Waals surface area contributed by atoms with Gasteiger partial charge in [-0.05, 0) is 27.0 Å². The Bertz CT molecular complexity index is 635. The number of nitrogens with zero attached hydrogens (tertiary/aromatic N) is 6. The number of hydrogen-bond acceptors (Lipinski definition) is 5. The van der Waals surface area contributed by atoms with Crippen molar-refractivity contribution in [3.63, 3.8) is 0 Å². The molecule has 0 N–H and O–H groups in total. The minimum absolute atomic E-state index is 0.520. The first-order valence-electron chi connectivity index (χ1n) is 7.33. The highest BCUT2D eigenvalue weighted by Gasteiger charge is 2.22. The Morgan fingerprint density at radius 1 is 1.24 bits per heavy atom. The van der Waals surface area contributed by atoms with Gasteiger partial charge < -0.3 is 9.80 Å². The van der Waals surface area contributed by atoms with Crippen molar-refractivity contribution in [3.8, 4) is 11.3 Å². The molecule has 1 unspecified atom stereocenters. The normalized spacial score (nSPS) is 20.0. The molecule has 1 aliphatic rings. The third-order valence-electron chi connectivity index (χ3n) is 4.17. The highest BCUT2D eigenvalue weighted by atomic mass is 15.3. The number of piperazine rings is 1. The molecule has 2 aromatic heterocycles. The fraction of sp³-hybridized carbons (Fsp3) is 0.533. The van der Waals surface area contributed by atoms with Gasteiger partial charge in [0.1, 0.15) is 0 Å². The topological polar surface area (TPSA) is 50.1 Å². The highest BCUT2D eigenvalue weighted by molar-refractivity contribution is 5.61. The average Bonchev–Trinajstić information content (AvgIpc) is 2.81. The zero-order chi connectivity index (χ0) is 15.0. The minimum atomic E-state index is 0.520. The second kappa shape index (κ2) is 5.44. The van der Waals surface area contributed by atoms with E-state index in [1.807, 2.05) is 37.1 Å². The van der Waals surface area contributed by atoms with Crippen molar-refractivity contribution in [2.45, 2.75) is 19.9 Å². The summed E-state index contributed by atoms with van der Waals surface area (Å²) in [4.78, 5) is 13.8. The molecule has 6 nitrogen and oxygen atoms in total. The first-order valence-corrected chi connectivity index (χ1v) is 7.33. The van der Waals surface area contributed by atoms with Gasteiger partial charge in [0.2, 0.25) is 5.95 Å². The zero-order valence-corrected chi connectivity index (χ0v) is 13.1. The van der Waals surface area contributed by atoms with Gasteiger partial charge in [0.15, 0.2) is 0 Å². The van der Waals surface area contributed by atoms with E-state index in [2.05, 4.69) is 33.9 Å². The van der Waals surface area contributed by atoms with Crippen LogP contribution in [0.5, 0.6) is 0 Å². The van der Waals surface area contributed by atoms with Gasteiger partial charge in [0.25, 0.3) is 0 Å². The molecule has 3 rings (SSSR count). The summed E-state index contributed by atoms with van der Waals surface area (Å²) < 4.78 is 1.82. The van der Waals surface area contributed by atoms with Gasteiger partial charge in [0.05, 0.1) is 11.4 Å². The molecule has 0 saturated carbocycles. The molecule has 0 radical (unpaired) electrons. The standard InChI is InChI=1S/C15H22N6/c1-11-9-21(8-7-19(11)3)15-16-6-5-14(17-15)13-10-20(4)18-12(13)2/h5-6,10-11H,7-9H2,1-4H3. The lowest BCUT2D eigenvalue weighted by Crippen LogP contribution is -2.50. The predicted molar refractivity (Wildman–Crippen MR) is 83.3 cm³/mol. The monoisotopic (exact) mass is 286 g/mol. The van der Waals surface area contributed by atoms with Gasteiger partial charge in [-0.25, -0.2) is 9.97 Å². The molecule has 21 heavy (non-hydrogen) atoms. The maximum Gasteiger partial charge on any atom is 0.225 e. The maximum atomic E-state index is 4.74. The van der Waals surface area contributed by atoms with Crippen LogP contribution in [0.15, 0.2) is 18.5 Å². The summed E-state index contributed by atoms with van der Waals surface area (Å²) in [6, 6.07) is 2.47. The highest BCUT2D eigenvalue weighted by Crippen LogP contribution is 2.22. The van der Waals surface area contributed by atoms with Gasteiger partial charge >= 0.3 is 0 Å².